The highest BCUT2D eigenvalue weighted by Crippen LogP contribution is 2.42. The van der Waals surface area contributed by atoms with Gasteiger partial charge in [-0.3, -0.25) is 0 Å². The number of hydrogen-bond donors (Lipinski definition) is 1. The quantitative estimate of drug-likeness (QED) is 0.839. The van der Waals surface area contributed by atoms with Crippen LogP contribution in [0.25, 0.3) is 11.1 Å². The van der Waals surface area contributed by atoms with Gasteiger partial charge in [-0.25, -0.2) is 0 Å². The summed E-state index contributed by atoms with van der Waals surface area (Å²) in [5, 5.41) is 9.52. The minimum absolute atomic E-state index is 0.130. The average Bonchev–Trinajstić information content (AvgIpc) is 2.54. The second kappa shape index (κ2) is 7.71. The lowest BCUT2D eigenvalue weighted by atomic mass is 9.83. The lowest BCUT2D eigenvalue weighted by Crippen LogP contribution is -2.05. The van der Waals surface area contributed by atoms with Crippen molar-refractivity contribution in [3.05, 3.63) is 46.5 Å². The highest BCUT2D eigenvalue weighted by atomic mass is 16.5. The zero-order valence-electron chi connectivity index (χ0n) is 15.6. The smallest absolute Gasteiger partial charge is 0.122 e. The van der Waals surface area contributed by atoms with Gasteiger partial charge in [-0.15, -0.1) is 0 Å². The van der Waals surface area contributed by atoms with Gasteiger partial charge >= 0.3 is 0 Å². The fourth-order valence-electron chi connectivity index (χ4n) is 3.46. The number of methoxy groups -OCH3 is 2. The molecular weight excluding hydrogens is 300 g/mol. The number of aliphatic hydroxyl groups is 1. The van der Waals surface area contributed by atoms with Crippen LogP contribution in [0.5, 0.6) is 11.5 Å². The first-order chi connectivity index (χ1) is 11.4. The molecule has 0 aliphatic rings. The zero-order chi connectivity index (χ0) is 17.9. The molecule has 0 radical (unpaired) electrons. The summed E-state index contributed by atoms with van der Waals surface area (Å²) >= 11 is 0. The summed E-state index contributed by atoms with van der Waals surface area (Å²) < 4.78 is 11.0. The molecule has 0 heterocycles. The van der Waals surface area contributed by atoms with Crippen LogP contribution < -0.4 is 9.47 Å². The van der Waals surface area contributed by atoms with Crippen LogP contribution in [0.15, 0.2) is 24.3 Å². The van der Waals surface area contributed by atoms with Crippen molar-refractivity contribution in [2.75, 3.05) is 20.8 Å². The monoisotopic (exact) mass is 328 g/mol. The number of aliphatic hydroxyl groups excluding tert-OH is 1. The Morgan fingerprint density at radius 3 is 2.04 bits per heavy atom. The molecular formula is C21H28O3. The summed E-state index contributed by atoms with van der Waals surface area (Å²) in [6.45, 7) is 8.70. The van der Waals surface area contributed by atoms with E-state index in [0.717, 1.165) is 17.1 Å². The predicted molar refractivity (Wildman–Crippen MR) is 99.3 cm³/mol. The van der Waals surface area contributed by atoms with Crippen molar-refractivity contribution in [3.8, 4) is 22.6 Å². The molecule has 1 N–H and O–H groups in total. The van der Waals surface area contributed by atoms with E-state index in [4.69, 9.17) is 9.47 Å². The molecule has 0 aromatic heterocycles. The summed E-state index contributed by atoms with van der Waals surface area (Å²) in [5.74, 6) is 2.08. The van der Waals surface area contributed by atoms with E-state index in [0.29, 0.717) is 12.3 Å². The number of ether oxygens (including phenoxy) is 2. The van der Waals surface area contributed by atoms with Crippen LogP contribution in [-0.4, -0.2) is 25.9 Å². The Morgan fingerprint density at radius 1 is 0.958 bits per heavy atom. The maximum Gasteiger partial charge on any atom is 0.122 e. The molecule has 0 spiro atoms. The summed E-state index contributed by atoms with van der Waals surface area (Å²) in [4.78, 5) is 0. The van der Waals surface area contributed by atoms with Gasteiger partial charge in [0.1, 0.15) is 11.5 Å². The van der Waals surface area contributed by atoms with E-state index in [2.05, 4.69) is 45.9 Å². The van der Waals surface area contributed by atoms with E-state index in [1.165, 1.54) is 27.8 Å². The molecule has 0 amide bonds. The van der Waals surface area contributed by atoms with Gasteiger partial charge in [-0.2, -0.15) is 0 Å². The van der Waals surface area contributed by atoms with Crippen molar-refractivity contribution >= 4 is 0 Å². The molecule has 2 aromatic carbocycles. The van der Waals surface area contributed by atoms with Crippen LogP contribution in [0.2, 0.25) is 0 Å². The first-order valence-electron chi connectivity index (χ1n) is 8.40. The van der Waals surface area contributed by atoms with Gasteiger partial charge in [0, 0.05) is 12.2 Å². The fourth-order valence-corrected chi connectivity index (χ4v) is 3.46. The Labute approximate surface area is 145 Å². The number of benzene rings is 2. The molecule has 0 saturated carbocycles. The van der Waals surface area contributed by atoms with Crippen molar-refractivity contribution in [1.29, 1.82) is 0 Å². The molecule has 0 saturated heterocycles. The van der Waals surface area contributed by atoms with Crippen molar-refractivity contribution < 1.29 is 14.6 Å². The van der Waals surface area contributed by atoms with Crippen molar-refractivity contribution in [2.24, 2.45) is 0 Å². The highest BCUT2D eigenvalue weighted by molar-refractivity contribution is 5.80. The normalized spacial score (nSPS) is 11.0. The minimum Gasteiger partial charge on any atom is -0.497 e. The van der Waals surface area contributed by atoms with Gasteiger partial charge in [-0.1, -0.05) is 19.9 Å². The van der Waals surface area contributed by atoms with E-state index in [1.54, 1.807) is 14.2 Å². The maximum atomic E-state index is 9.52. The minimum atomic E-state index is 0.130. The molecule has 24 heavy (non-hydrogen) atoms. The Hall–Kier alpha value is -2.00. The van der Waals surface area contributed by atoms with Crippen molar-refractivity contribution in [3.63, 3.8) is 0 Å². The second-order valence-electron chi connectivity index (χ2n) is 6.48. The molecule has 2 aromatic rings. The molecule has 0 aliphatic heterocycles. The van der Waals surface area contributed by atoms with E-state index >= 15 is 0 Å². The van der Waals surface area contributed by atoms with Crippen molar-refractivity contribution in [1.82, 2.24) is 0 Å². The molecule has 0 fully saturated rings. The number of hydrogen-bond acceptors (Lipinski definition) is 3. The van der Waals surface area contributed by atoms with Crippen molar-refractivity contribution in [2.45, 2.75) is 40.0 Å². The third-order valence-electron chi connectivity index (χ3n) is 4.46. The maximum absolute atomic E-state index is 9.52. The van der Waals surface area contributed by atoms with Crippen LogP contribution in [0.3, 0.4) is 0 Å². The highest BCUT2D eigenvalue weighted by Gasteiger charge is 2.21. The zero-order valence-corrected chi connectivity index (χ0v) is 15.6. The molecule has 0 aliphatic carbocycles. The average molecular weight is 328 g/mol. The van der Waals surface area contributed by atoms with Crippen LogP contribution in [-0.2, 0) is 6.42 Å². The van der Waals surface area contributed by atoms with E-state index in [1.807, 2.05) is 6.07 Å². The van der Waals surface area contributed by atoms with E-state index < -0.39 is 0 Å². The molecule has 2 rings (SSSR count). The van der Waals surface area contributed by atoms with Gasteiger partial charge in [0.25, 0.3) is 0 Å². The van der Waals surface area contributed by atoms with Crippen LogP contribution in [0.1, 0.15) is 42.0 Å². The van der Waals surface area contributed by atoms with Crippen LogP contribution in [0, 0.1) is 13.8 Å². The SMILES string of the molecule is COc1cc(C)c(-c2c(CCO)ccc(OC)c2C(C)C)c(C)c1. The Kier molecular flexibility index (Phi) is 5.89. The van der Waals surface area contributed by atoms with Crippen LogP contribution >= 0.6 is 0 Å². The largest absolute Gasteiger partial charge is 0.497 e. The molecule has 3 nitrogen and oxygen atoms in total. The van der Waals surface area contributed by atoms with Gasteiger partial charge in [-0.05, 0) is 72.2 Å². The van der Waals surface area contributed by atoms with Gasteiger partial charge in [0.2, 0.25) is 0 Å². The molecule has 0 atom stereocenters. The summed E-state index contributed by atoms with van der Waals surface area (Å²) in [7, 11) is 3.40. The fraction of sp³-hybridized carbons (Fsp3) is 0.429. The summed E-state index contributed by atoms with van der Waals surface area (Å²) in [5.41, 5.74) is 7.08. The molecule has 0 unspecified atom stereocenters. The summed E-state index contributed by atoms with van der Waals surface area (Å²) in [6, 6.07) is 8.21. The molecule has 3 heteroatoms. The lowest BCUT2D eigenvalue weighted by Gasteiger charge is -2.23. The number of rotatable bonds is 6. The Morgan fingerprint density at radius 2 is 1.58 bits per heavy atom. The van der Waals surface area contributed by atoms with Gasteiger partial charge in [0.15, 0.2) is 0 Å². The van der Waals surface area contributed by atoms with E-state index in [-0.39, 0.29) is 6.61 Å². The van der Waals surface area contributed by atoms with Crippen LogP contribution in [0.4, 0.5) is 0 Å². The second-order valence-corrected chi connectivity index (χ2v) is 6.48. The molecule has 130 valence electrons. The third kappa shape index (κ3) is 3.41. The summed E-state index contributed by atoms with van der Waals surface area (Å²) in [6.07, 6.45) is 0.629. The third-order valence-corrected chi connectivity index (χ3v) is 4.46. The van der Waals surface area contributed by atoms with E-state index in [9.17, 15) is 5.11 Å². The standard InChI is InChI=1S/C21H28O3/c1-13(2)19-18(24-6)8-7-16(9-10-22)21(19)20-14(3)11-17(23-5)12-15(20)4/h7-8,11-13,22H,9-10H2,1-6H3. The first kappa shape index (κ1) is 18.3. The van der Waals surface area contributed by atoms with Gasteiger partial charge in [0.05, 0.1) is 14.2 Å². The molecule has 0 bridgehead atoms. The Bertz CT molecular complexity index is 694. The topological polar surface area (TPSA) is 38.7 Å². The lowest BCUT2D eigenvalue weighted by molar-refractivity contribution is 0.299. The predicted octanol–water partition coefficient (Wildman–Crippen LogP) is 4.65. The first-order valence-corrected chi connectivity index (χ1v) is 8.40. The van der Waals surface area contributed by atoms with Gasteiger partial charge < -0.3 is 14.6 Å². The number of aryl methyl sites for hydroxylation is 2. The Balaban J connectivity index is 2.85.